The zero-order valence-electron chi connectivity index (χ0n) is 44.2. The van der Waals surface area contributed by atoms with Crippen molar-refractivity contribution < 1.29 is 28.6 Å². The molecule has 0 aromatic rings. The Kier molecular flexibility index (Phi) is 52.8. The molecule has 0 spiro atoms. The molecule has 0 rings (SSSR count). The number of unbranched alkanes of at least 4 members (excludes halogenated alkanes) is 28. The lowest BCUT2D eigenvalue weighted by Crippen LogP contribution is -2.30. The first-order chi connectivity index (χ1) is 33.0. The molecule has 0 fully saturated rings. The molecule has 0 aliphatic heterocycles. The molecule has 6 nitrogen and oxygen atoms in total. The van der Waals surface area contributed by atoms with Crippen molar-refractivity contribution >= 4 is 17.9 Å². The van der Waals surface area contributed by atoms with Crippen LogP contribution in [0.5, 0.6) is 0 Å². The van der Waals surface area contributed by atoms with Crippen molar-refractivity contribution in [2.45, 2.75) is 284 Å². The van der Waals surface area contributed by atoms with Gasteiger partial charge in [0.1, 0.15) is 13.2 Å². The van der Waals surface area contributed by atoms with Gasteiger partial charge in [0, 0.05) is 19.3 Å². The van der Waals surface area contributed by atoms with E-state index in [2.05, 4.69) is 93.7 Å². The normalized spacial score (nSPS) is 12.6. The zero-order chi connectivity index (χ0) is 48.6. The highest BCUT2D eigenvalue weighted by Crippen LogP contribution is 2.16. The first-order valence-electron chi connectivity index (χ1n) is 28.4. The van der Waals surface area contributed by atoms with E-state index in [0.29, 0.717) is 19.3 Å². The second-order valence-corrected chi connectivity index (χ2v) is 18.8. The van der Waals surface area contributed by atoms with Gasteiger partial charge in [-0.1, -0.05) is 241 Å². The number of carbonyl (C=O) groups excluding carboxylic acids is 3. The predicted octanol–water partition coefficient (Wildman–Crippen LogP) is 19.0. The van der Waals surface area contributed by atoms with Gasteiger partial charge in [0.05, 0.1) is 0 Å². The van der Waals surface area contributed by atoms with E-state index in [1.54, 1.807) is 0 Å². The number of ether oxygens (including phenoxy) is 3. The minimum Gasteiger partial charge on any atom is -0.462 e. The molecule has 0 bridgehead atoms. The molecule has 0 aromatic carbocycles. The smallest absolute Gasteiger partial charge is 0.306 e. The van der Waals surface area contributed by atoms with Gasteiger partial charge < -0.3 is 14.2 Å². The van der Waals surface area contributed by atoms with Crippen molar-refractivity contribution in [2.24, 2.45) is 0 Å². The average Bonchev–Trinajstić information content (AvgIpc) is 3.33. The van der Waals surface area contributed by atoms with Gasteiger partial charge in [0.2, 0.25) is 0 Å². The molecule has 0 N–H and O–H groups in total. The number of allylic oxidation sites excluding steroid dienone is 12. The Morgan fingerprint density at radius 1 is 0.313 bits per heavy atom. The van der Waals surface area contributed by atoms with Crippen LogP contribution in [0.15, 0.2) is 72.9 Å². The lowest BCUT2D eigenvalue weighted by Gasteiger charge is -2.18. The summed E-state index contributed by atoms with van der Waals surface area (Å²) in [5.41, 5.74) is 0. The summed E-state index contributed by atoms with van der Waals surface area (Å²) in [7, 11) is 0. The lowest BCUT2D eigenvalue weighted by molar-refractivity contribution is -0.167. The Hall–Kier alpha value is -3.15. The summed E-state index contributed by atoms with van der Waals surface area (Å²) in [6.45, 7) is 6.50. The molecular formula is C61H106O6. The van der Waals surface area contributed by atoms with E-state index < -0.39 is 6.10 Å². The molecule has 0 saturated heterocycles. The minimum absolute atomic E-state index is 0.0859. The van der Waals surface area contributed by atoms with Crippen LogP contribution in [0.1, 0.15) is 278 Å². The van der Waals surface area contributed by atoms with Crippen molar-refractivity contribution in [2.75, 3.05) is 13.2 Å². The molecule has 0 heterocycles. The van der Waals surface area contributed by atoms with E-state index in [1.165, 1.54) is 128 Å². The van der Waals surface area contributed by atoms with Gasteiger partial charge in [-0.25, -0.2) is 0 Å². The summed E-state index contributed by atoms with van der Waals surface area (Å²) in [5.74, 6) is -0.909. The third-order valence-electron chi connectivity index (χ3n) is 12.2. The van der Waals surface area contributed by atoms with Crippen molar-refractivity contribution in [3.63, 3.8) is 0 Å². The van der Waals surface area contributed by atoms with E-state index in [4.69, 9.17) is 14.2 Å². The Balaban J connectivity index is 4.43. The molecule has 67 heavy (non-hydrogen) atoms. The van der Waals surface area contributed by atoms with Crippen LogP contribution in [0.2, 0.25) is 0 Å². The average molecular weight is 936 g/mol. The molecule has 1 atom stereocenters. The highest BCUT2D eigenvalue weighted by Gasteiger charge is 2.19. The first-order valence-corrected chi connectivity index (χ1v) is 28.4. The molecular weight excluding hydrogens is 829 g/mol. The second kappa shape index (κ2) is 55.4. The zero-order valence-corrected chi connectivity index (χ0v) is 44.2. The van der Waals surface area contributed by atoms with Gasteiger partial charge in [0.25, 0.3) is 0 Å². The molecule has 0 saturated carbocycles. The fraction of sp³-hybridized carbons (Fsp3) is 0.754. The maximum absolute atomic E-state index is 12.8. The quantitative estimate of drug-likeness (QED) is 0.0262. The molecule has 6 heteroatoms. The van der Waals surface area contributed by atoms with Crippen LogP contribution in [0, 0.1) is 0 Å². The highest BCUT2D eigenvalue weighted by atomic mass is 16.6. The van der Waals surface area contributed by atoms with Gasteiger partial charge in [-0.3, -0.25) is 14.4 Å². The maximum atomic E-state index is 12.8. The van der Waals surface area contributed by atoms with E-state index in [9.17, 15) is 14.4 Å². The topological polar surface area (TPSA) is 78.9 Å². The van der Waals surface area contributed by atoms with E-state index in [0.717, 1.165) is 109 Å². The van der Waals surface area contributed by atoms with Crippen molar-refractivity contribution in [1.29, 1.82) is 0 Å². The van der Waals surface area contributed by atoms with Gasteiger partial charge in [-0.05, 0) is 89.9 Å². The van der Waals surface area contributed by atoms with Crippen LogP contribution < -0.4 is 0 Å². The maximum Gasteiger partial charge on any atom is 0.306 e. The number of hydrogen-bond donors (Lipinski definition) is 0. The molecule has 0 radical (unpaired) electrons. The first kappa shape index (κ1) is 63.8. The summed E-state index contributed by atoms with van der Waals surface area (Å²) in [4.78, 5) is 38.1. The van der Waals surface area contributed by atoms with Gasteiger partial charge in [0.15, 0.2) is 6.10 Å². The van der Waals surface area contributed by atoms with Gasteiger partial charge >= 0.3 is 17.9 Å². The van der Waals surface area contributed by atoms with Crippen molar-refractivity contribution in [3.05, 3.63) is 72.9 Å². The van der Waals surface area contributed by atoms with E-state index >= 15 is 0 Å². The molecule has 0 aliphatic rings. The summed E-state index contributed by atoms with van der Waals surface area (Å²) in [6.07, 6.45) is 70.3. The lowest BCUT2D eigenvalue weighted by atomic mass is 10.0. The Morgan fingerprint density at radius 2 is 0.582 bits per heavy atom. The van der Waals surface area contributed by atoms with Crippen LogP contribution in [-0.4, -0.2) is 37.2 Å². The molecule has 0 aromatic heterocycles. The SMILES string of the molecule is CC/C=C\C/C=C\C/C=C\C/C=C\CCCCCCC(=O)O[C@H](COC(=O)CCCCCCCCC/C=C\C/C=C\CCCCC)COC(=O)CCCCCCCCCCCCCCCCC. The third-order valence-corrected chi connectivity index (χ3v) is 12.2. The number of carbonyl (C=O) groups is 3. The molecule has 0 amide bonds. The standard InChI is InChI=1S/C61H106O6/c1-4-7-10-13-16-19-22-25-28-30-33-36-39-42-45-48-51-54-60(63)66-57-58(56-65-59(62)53-50-47-44-41-38-35-32-27-24-21-18-15-12-9-6-3)67-61(64)55-52-49-46-43-40-37-34-31-29-26-23-20-17-14-11-8-5-2/h8,11,16-17,19-20,25-26,28-29,34,37,58H,4-7,9-10,12-15,18,21-24,27,30-33,35-36,38-57H2,1-3H3/b11-8-,19-16-,20-17-,28-25-,29-26-,37-34-/t58-/m0/s1. The Labute approximate surface area is 414 Å². The fourth-order valence-corrected chi connectivity index (χ4v) is 7.93. The molecule has 386 valence electrons. The summed E-state index contributed by atoms with van der Waals surface area (Å²) >= 11 is 0. The number of esters is 3. The largest absolute Gasteiger partial charge is 0.462 e. The summed E-state index contributed by atoms with van der Waals surface area (Å²) in [5, 5.41) is 0. The Bertz CT molecular complexity index is 1260. The Morgan fingerprint density at radius 3 is 0.940 bits per heavy atom. The van der Waals surface area contributed by atoms with Crippen molar-refractivity contribution in [3.8, 4) is 0 Å². The number of hydrogen-bond acceptors (Lipinski definition) is 6. The monoisotopic (exact) mass is 935 g/mol. The molecule has 0 unspecified atom stereocenters. The number of rotatable bonds is 51. The van der Waals surface area contributed by atoms with E-state index in [-0.39, 0.29) is 31.1 Å². The van der Waals surface area contributed by atoms with Crippen LogP contribution in [0.3, 0.4) is 0 Å². The summed E-state index contributed by atoms with van der Waals surface area (Å²) in [6, 6.07) is 0. The predicted molar refractivity (Wildman–Crippen MR) is 288 cm³/mol. The van der Waals surface area contributed by atoms with Gasteiger partial charge in [-0.2, -0.15) is 0 Å². The van der Waals surface area contributed by atoms with Crippen molar-refractivity contribution in [1.82, 2.24) is 0 Å². The van der Waals surface area contributed by atoms with Crippen LogP contribution in [0.25, 0.3) is 0 Å². The highest BCUT2D eigenvalue weighted by molar-refractivity contribution is 5.71. The fourth-order valence-electron chi connectivity index (χ4n) is 7.93. The van der Waals surface area contributed by atoms with Gasteiger partial charge in [-0.15, -0.1) is 0 Å². The summed E-state index contributed by atoms with van der Waals surface area (Å²) < 4.78 is 16.8. The van der Waals surface area contributed by atoms with Crippen LogP contribution in [-0.2, 0) is 28.6 Å². The third kappa shape index (κ3) is 53.7. The minimum atomic E-state index is -0.790. The van der Waals surface area contributed by atoms with Crippen LogP contribution >= 0.6 is 0 Å². The molecule has 0 aliphatic carbocycles. The van der Waals surface area contributed by atoms with Crippen LogP contribution in [0.4, 0.5) is 0 Å². The van der Waals surface area contributed by atoms with E-state index in [1.807, 2.05) is 0 Å². The second-order valence-electron chi connectivity index (χ2n) is 18.8.